The minimum absolute atomic E-state index is 0.471. The number of aromatic nitrogens is 4. The second-order valence-corrected chi connectivity index (χ2v) is 7.33. The van der Waals surface area contributed by atoms with Gasteiger partial charge in [-0.3, -0.25) is 9.58 Å². The van der Waals surface area contributed by atoms with Gasteiger partial charge < -0.3 is 4.90 Å². The molecule has 4 rings (SSSR count). The van der Waals surface area contributed by atoms with Crippen molar-refractivity contribution in [1.82, 2.24) is 24.6 Å². The number of anilines is 1. The van der Waals surface area contributed by atoms with Gasteiger partial charge in [0.1, 0.15) is 0 Å². The van der Waals surface area contributed by atoms with Crippen LogP contribution < -0.4 is 4.90 Å². The van der Waals surface area contributed by atoms with Gasteiger partial charge in [0, 0.05) is 51.8 Å². The molecule has 2 aromatic heterocycles. The highest BCUT2D eigenvalue weighted by Gasteiger charge is 2.38. The van der Waals surface area contributed by atoms with Crippen LogP contribution in [0.25, 0.3) is 0 Å². The highest BCUT2D eigenvalue weighted by Crippen LogP contribution is 2.40. The van der Waals surface area contributed by atoms with E-state index >= 15 is 0 Å². The fraction of sp³-hybridized carbons (Fsp3) is 0.611. The van der Waals surface area contributed by atoms with Crippen molar-refractivity contribution in [2.24, 2.45) is 12.5 Å². The first-order valence-corrected chi connectivity index (χ1v) is 8.95. The second-order valence-electron chi connectivity index (χ2n) is 7.33. The second kappa shape index (κ2) is 6.51. The molecule has 1 spiro atoms. The Hall–Kier alpha value is -1.95. The normalized spacial score (nSPS) is 21.3. The van der Waals surface area contributed by atoms with Crippen LogP contribution in [-0.2, 0) is 13.6 Å². The van der Waals surface area contributed by atoms with Crippen LogP contribution in [0, 0.1) is 5.41 Å². The summed E-state index contributed by atoms with van der Waals surface area (Å²) in [6.07, 6.45) is 10.8. The third-order valence-electron chi connectivity index (χ3n) is 5.55. The maximum atomic E-state index is 4.54. The van der Waals surface area contributed by atoms with Crippen molar-refractivity contribution < 1.29 is 0 Å². The van der Waals surface area contributed by atoms with Crippen molar-refractivity contribution >= 4 is 5.95 Å². The van der Waals surface area contributed by atoms with E-state index in [0.717, 1.165) is 25.6 Å². The lowest BCUT2D eigenvalue weighted by Crippen LogP contribution is -2.49. The molecule has 2 aromatic rings. The molecular weight excluding hydrogens is 300 g/mol. The summed E-state index contributed by atoms with van der Waals surface area (Å²) >= 11 is 0. The van der Waals surface area contributed by atoms with Crippen LogP contribution in [0.5, 0.6) is 0 Å². The molecule has 128 valence electrons. The highest BCUT2D eigenvalue weighted by atomic mass is 15.3. The lowest BCUT2D eigenvalue weighted by atomic mass is 9.72. The summed E-state index contributed by atoms with van der Waals surface area (Å²) in [7, 11) is 1.99. The summed E-state index contributed by atoms with van der Waals surface area (Å²) < 4.78 is 1.90. The van der Waals surface area contributed by atoms with Crippen molar-refractivity contribution in [2.45, 2.75) is 32.2 Å². The molecule has 0 bridgehead atoms. The van der Waals surface area contributed by atoms with Gasteiger partial charge in [-0.25, -0.2) is 9.97 Å². The number of likely N-dealkylation sites (tertiary alicyclic amines) is 1. The summed E-state index contributed by atoms with van der Waals surface area (Å²) in [5, 5.41) is 4.54. The van der Waals surface area contributed by atoms with Crippen LogP contribution in [-0.4, -0.2) is 50.8 Å². The van der Waals surface area contributed by atoms with Crippen LogP contribution in [0.1, 0.15) is 31.4 Å². The van der Waals surface area contributed by atoms with Crippen LogP contribution >= 0.6 is 0 Å². The molecule has 0 aliphatic carbocycles. The Morgan fingerprint density at radius 2 is 1.88 bits per heavy atom. The van der Waals surface area contributed by atoms with E-state index in [4.69, 9.17) is 0 Å². The van der Waals surface area contributed by atoms with Crippen molar-refractivity contribution in [3.05, 3.63) is 36.4 Å². The van der Waals surface area contributed by atoms with Crippen LogP contribution in [0.4, 0.5) is 5.95 Å². The van der Waals surface area contributed by atoms with E-state index in [9.17, 15) is 0 Å². The number of hydrogen-bond donors (Lipinski definition) is 0. The van der Waals surface area contributed by atoms with E-state index in [2.05, 4.69) is 30.9 Å². The third-order valence-corrected chi connectivity index (χ3v) is 5.55. The fourth-order valence-electron chi connectivity index (χ4n) is 4.27. The Balaban J connectivity index is 1.37. The van der Waals surface area contributed by atoms with E-state index in [-0.39, 0.29) is 0 Å². The first-order valence-electron chi connectivity index (χ1n) is 8.95. The maximum absolute atomic E-state index is 4.54. The zero-order chi connectivity index (χ0) is 16.4. The minimum Gasteiger partial charge on any atom is -0.341 e. The summed E-state index contributed by atoms with van der Waals surface area (Å²) in [5.74, 6) is 0.883. The maximum Gasteiger partial charge on any atom is 0.225 e. The molecule has 2 saturated heterocycles. The molecule has 0 atom stereocenters. The van der Waals surface area contributed by atoms with Gasteiger partial charge in [0.15, 0.2) is 0 Å². The number of hydrogen-bond acceptors (Lipinski definition) is 5. The molecule has 2 aliphatic heterocycles. The van der Waals surface area contributed by atoms with Gasteiger partial charge in [-0.15, -0.1) is 0 Å². The Kier molecular flexibility index (Phi) is 4.22. The van der Waals surface area contributed by atoms with Gasteiger partial charge in [0.2, 0.25) is 5.95 Å². The molecule has 0 aromatic carbocycles. The summed E-state index contributed by atoms with van der Waals surface area (Å²) in [4.78, 5) is 13.7. The minimum atomic E-state index is 0.471. The molecule has 0 radical (unpaired) electrons. The van der Waals surface area contributed by atoms with Gasteiger partial charge >= 0.3 is 0 Å². The Morgan fingerprint density at radius 1 is 1.08 bits per heavy atom. The van der Waals surface area contributed by atoms with E-state index in [1.54, 1.807) is 0 Å². The Bertz CT molecular complexity index is 659. The van der Waals surface area contributed by atoms with E-state index in [0.29, 0.717) is 5.41 Å². The lowest BCUT2D eigenvalue weighted by molar-refractivity contribution is 0.0595. The predicted octanol–water partition coefficient (Wildman–Crippen LogP) is 2.09. The number of rotatable bonds is 3. The summed E-state index contributed by atoms with van der Waals surface area (Å²) in [5.41, 5.74) is 1.66. The molecule has 6 nitrogen and oxygen atoms in total. The van der Waals surface area contributed by atoms with E-state index in [1.165, 1.54) is 44.5 Å². The first-order chi connectivity index (χ1) is 11.7. The van der Waals surface area contributed by atoms with Crippen molar-refractivity contribution in [1.29, 1.82) is 0 Å². The largest absolute Gasteiger partial charge is 0.341 e. The average Bonchev–Trinajstić information content (AvgIpc) is 3.01. The number of nitrogens with zero attached hydrogens (tertiary/aromatic N) is 6. The summed E-state index contributed by atoms with van der Waals surface area (Å²) in [6, 6.07) is 4.02. The lowest BCUT2D eigenvalue weighted by Gasteiger charge is -2.47. The molecule has 24 heavy (non-hydrogen) atoms. The van der Waals surface area contributed by atoms with Gasteiger partial charge in [-0.05, 0) is 49.8 Å². The molecule has 2 aliphatic rings. The van der Waals surface area contributed by atoms with E-state index < -0.39 is 0 Å². The fourth-order valence-corrected chi connectivity index (χ4v) is 4.27. The first kappa shape index (κ1) is 15.6. The topological polar surface area (TPSA) is 50.1 Å². The van der Waals surface area contributed by atoms with Crippen molar-refractivity contribution in [2.75, 3.05) is 31.1 Å². The number of piperidine rings is 2. The van der Waals surface area contributed by atoms with Crippen molar-refractivity contribution in [3.63, 3.8) is 0 Å². The molecule has 0 unspecified atom stereocenters. The molecule has 2 fully saturated rings. The van der Waals surface area contributed by atoms with Crippen LogP contribution in [0.2, 0.25) is 0 Å². The summed E-state index contributed by atoms with van der Waals surface area (Å²) in [6.45, 7) is 5.52. The quantitative estimate of drug-likeness (QED) is 0.864. The van der Waals surface area contributed by atoms with Crippen molar-refractivity contribution in [3.8, 4) is 0 Å². The van der Waals surface area contributed by atoms with Crippen LogP contribution in [0.15, 0.2) is 30.7 Å². The molecule has 6 heteroatoms. The molecular formula is C18H26N6. The van der Waals surface area contributed by atoms with E-state index in [1.807, 2.05) is 36.4 Å². The third kappa shape index (κ3) is 3.29. The standard InChI is InChI=1S/C18H26N6/c1-22-11-4-16(21-22)14-23-10-2-5-18(15-23)6-12-24(13-7-18)17-19-8-3-9-20-17/h3-4,8-9,11H,2,5-7,10,12-15H2,1H3. The predicted molar refractivity (Wildman–Crippen MR) is 93.6 cm³/mol. The zero-order valence-electron chi connectivity index (χ0n) is 14.4. The molecule has 0 saturated carbocycles. The van der Waals surface area contributed by atoms with Gasteiger partial charge in [-0.2, -0.15) is 5.10 Å². The molecule has 0 N–H and O–H groups in total. The zero-order valence-corrected chi connectivity index (χ0v) is 14.4. The average molecular weight is 326 g/mol. The monoisotopic (exact) mass is 326 g/mol. The van der Waals surface area contributed by atoms with Crippen LogP contribution in [0.3, 0.4) is 0 Å². The SMILES string of the molecule is Cn1ccc(CN2CCCC3(CCN(c4ncccn4)CC3)C2)n1. The van der Waals surface area contributed by atoms with Gasteiger partial charge in [0.05, 0.1) is 5.69 Å². The Morgan fingerprint density at radius 3 is 2.58 bits per heavy atom. The smallest absolute Gasteiger partial charge is 0.225 e. The molecule has 4 heterocycles. The molecule has 0 amide bonds. The highest BCUT2D eigenvalue weighted by molar-refractivity contribution is 5.29. The number of aryl methyl sites for hydroxylation is 1. The van der Waals surface area contributed by atoms with Gasteiger partial charge in [-0.1, -0.05) is 0 Å². The van der Waals surface area contributed by atoms with Gasteiger partial charge in [0.25, 0.3) is 0 Å². The Labute approximate surface area is 143 Å².